The average Bonchev–Trinajstić information content (AvgIpc) is 2.90. The fourth-order valence-corrected chi connectivity index (χ4v) is 5.03. The number of thioether (sulfide) groups is 2. The van der Waals surface area contributed by atoms with Crippen LogP contribution in [-0.2, 0) is 0 Å². The maximum Gasteiger partial charge on any atom is 0.137 e. The molecule has 2 atom stereocenters. The van der Waals surface area contributed by atoms with E-state index in [2.05, 4.69) is 23.1 Å². The molecule has 18 heavy (non-hydrogen) atoms. The third-order valence-corrected chi connectivity index (χ3v) is 6.20. The minimum absolute atomic E-state index is 0.0563. The van der Waals surface area contributed by atoms with Crippen LogP contribution in [0.5, 0.6) is 0 Å². The van der Waals surface area contributed by atoms with E-state index < -0.39 is 0 Å². The van der Waals surface area contributed by atoms with Crippen molar-refractivity contribution < 1.29 is 4.39 Å². The van der Waals surface area contributed by atoms with Crippen LogP contribution in [-0.4, -0.2) is 23.3 Å². The van der Waals surface area contributed by atoms with Gasteiger partial charge in [0.05, 0.1) is 0 Å². The van der Waals surface area contributed by atoms with Gasteiger partial charge in [-0.05, 0) is 42.4 Å². The van der Waals surface area contributed by atoms with Crippen LogP contribution < -0.4 is 5.32 Å². The smallest absolute Gasteiger partial charge is 0.137 e. The lowest BCUT2D eigenvalue weighted by Gasteiger charge is -2.27. The summed E-state index contributed by atoms with van der Waals surface area (Å²) < 4.78 is 13.7. The Kier molecular flexibility index (Phi) is 4.16. The molecule has 0 bridgehead atoms. The summed E-state index contributed by atoms with van der Waals surface area (Å²) in [5, 5.41) is 4.41. The average molecular weight is 283 g/mol. The van der Waals surface area contributed by atoms with E-state index in [9.17, 15) is 4.39 Å². The molecule has 0 saturated carbocycles. The minimum Gasteiger partial charge on any atom is -0.309 e. The van der Waals surface area contributed by atoms with Crippen LogP contribution >= 0.6 is 23.5 Å². The largest absolute Gasteiger partial charge is 0.309 e. The summed E-state index contributed by atoms with van der Waals surface area (Å²) in [4.78, 5) is 0.861. The van der Waals surface area contributed by atoms with Crippen molar-refractivity contribution in [1.29, 1.82) is 0 Å². The molecular formula is C14H18FNS2. The van der Waals surface area contributed by atoms with Crippen LogP contribution in [0, 0.1) is 5.82 Å². The molecule has 0 aromatic heterocycles. The Labute approximate surface area is 116 Å². The van der Waals surface area contributed by atoms with E-state index in [-0.39, 0.29) is 5.82 Å². The van der Waals surface area contributed by atoms with Gasteiger partial charge in [-0.2, -0.15) is 11.8 Å². The molecule has 1 aromatic carbocycles. The van der Waals surface area contributed by atoms with Gasteiger partial charge < -0.3 is 5.32 Å². The molecule has 4 heteroatoms. The highest BCUT2D eigenvalue weighted by molar-refractivity contribution is 8.00. The fourth-order valence-electron chi connectivity index (χ4n) is 2.68. The third kappa shape index (κ3) is 2.70. The molecule has 0 radical (unpaired) electrons. The first-order valence-corrected chi connectivity index (χ1v) is 8.64. The number of rotatable bonds is 3. The molecular weight excluding hydrogens is 265 g/mol. The number of nitrogens with one attached hydrogen (secondary N) is 1. The first-order valence-electron chi connectivity index (χ1n) is 6.61. The van der Waals surface area contributed by atoms with Crippen LogP contribution in [0.3, 0.4) is 0 Å². The Morgan fingerprint density at radius 2 is 2.22 bits per heavy atom. The van der Waals surface area contributed by atoms with Gasteiger partial charge in [0, 0.05) is 22.7 Å². The molecule has 1 aromatic rings. The van der Waals surface area contributed by atoms with E-state index in [0.717, 1.165) is 34.4 Å². The van der Waals surface area contributed by atoms with Crippen molar-refractivity contribution in [3.8, 4) is 0 Å². The van der Waals surface area contributed by atoms with Gasteiger partial charge >= 0.3 is 0 Å². The van der Waals surface area contributed by atoms with Gasteiger partial charge in [-0.3, -0.25) is 0 Å². The van der Waals surface area contributed by atoms with E-state index in [1.165, 1.54) is 18.6 Å². The lowest BCUT2D eigenvalue weighted by atomic mass is 10.0. The molecule has 0 amide bonds. The molecule has 2 aliphatic rings. The lowest BCUT2D eigenvalue weighted by Crippen LogP contribution is -2.30. The minimum atomic E-state index is -0.0563. The van der Waals surface area contributed by atoms with Gasteiger partial charge in [-0.15, -0.1) is 11.8 Å². The Morgan fingerprint density at radius 3 is 3.06 bits per heavy atom. The van der Waals surface area contributed by atoms with E-state index >= 15 is 0 Å². The van der Waals surface area contributed by atoms with Gasteiger partial charge in [0.2, 0.25) is 0 Å². The maximum atomic E-state index is 13.7. The zero-order valence-corrected chi connectivity index (χ0v) is 12.0. The molecule has 2 heterocycles. The summed E-state index contributed by atoms with van der Waals surface area (Å²) in [5.74, 6) is 2.26. The van der Waals surface area contributed by atoms with Crippen molar-refractivity contribution in [3.05, 3.63) is 29.6 Å². The Morgan fingerprint density at radius 1 is 1.28 bits per heavy atom. The quantitative estimate of drug-likeness (QED) is 0.905. The molecule has 2 unspecified atom stereocenters. The van der Waals surface area contributed by atoms with Gasteiger partial charge in [0.25, 0.3) is 0 Å². The lowest BCUT2D eigenvalue weighted by molar-refractivity contribution is 0.492. The molecule has 0 aliphatic carbocycles. The van der Waals surface area contributed by atoms with Gasteiger partial charge in [0.1, 0.15) is 5.82 Å². The zero-order chi connectivity index (χ0) is 12.4. The van der Waals surface area contributed by atoms with E-state index in [0.29, 0.717) is 6.04 Å². The van der Waals surface area contributed by atoms with Crippen molar-refractivity contribution in [2.45, 2.75) is 35.4 Å². The number of halogens is 1. The number of benzene rings is 1. The van der Waals surface area contributed by atoms with E-state index in [1.54, 1.807) is 17.8 Å². The summed E-state index contributed by atoms with van der Waals surface area (Å²) in [5.41, 5.74) is 1.16. The highest BCUT2D eigenvalue weighted by Gasteiger charge is 2.24. The Bertz CT molecular complexity index is 418. The predicted octanol–water partition coefficient (Wildman–Crippen LogP) is 3.85. The summed E-state index contributed by atoms with van der Waals surface area (Å²) >= 11 is 3.73. The molecule has 0 spiro atoms. The first kappa shape index (κ1) is 12.8. The van der Waals surface area contributed by atoms with Crippen LogP contribution in [0.2, 0.25) is 0 Å². The summed E-state index contributed by atoms with van der Waals surface area (Å²) in [6.45, 7) is 1.07. The van der Waals surface area contributed by atoms with Crippen LogP contribution in [0.15, 0.2) is 23.1 Å². The summed E-state index contributed by atoms with van der Waals surface area (Å²) in [6, 6.07) is 5.82. The second-order valence-corrected chi connectivity index (χ2v) is 7.40. The standard InChI is InChI=1S/C14H18FNS2/c15-12-5-1-4-11-13(6-8-18-14(11)12)16-9-10-3-2-7-17-10/h1,4-5,10,13,16H,2-3,6-9H2. The van der Waals surface area contributed by atoms with Crippen LogP contribution in [0.1, 0.15) is 30.9 Å². The van der Waals surface area contributed by atoms with Crippen molar-refractivity contribution in [2.24, 2.45) is 0 Å². The van der Waals surface area contributed by atoms with Crippen molar-refractivity contribution in [2.75, 3.05) is 18.1 Å². The number of hydrogen-bond acceptors (Lipinski definition) is 3. The third-order valence-electron chi connectivity index (χ3n) is 3.64. The second-order valence-electron chi connectivity index (χ2n) is 4.89. The Balaban J connectivity index is 1.69. The topological polar surface area (TPSA) is 12.0 Å². The maximum absolute atomic E-state index is 13.7. The molecule has 2 aliphatic heterocycles. The highest BCUT2D eigenvalue weighted by Crippen LogP contribution is 2.38. The monoisotopic (exact) mass is 283 g/mol. The molecule has 1 nitrogen and oxygen atoms in total. The van der Waals surface area contributed by atoms with Gasteiger partial charge in [-0.1, -0.05) is 12.1 Å². The van der Waals surface area contributed by atoms with Gasteiger partial charge in [0.15, 0.2) is 0 Å². The molecule has 98 valence electrons. The van der Waals surface area contributed by atoms with Crippen molar-refractivity contribution >= 4 is 23.5 Å². The normalized spacial score (nSPS) is 27.2. The Hall–Kier alpha value is -0.190. The van der Waals surface area contributed by atoms with E-state index in [1.807, 2.05) is 6.07 Å². The summed E-state index contributed by atoms with van der Waals surface area (Å²) in [6.07, 6.45) is 3.79. The number of hydrogen-bond donors (Lipinski definition) is 1. The first-order chi connectivity index (χ1) is 8.84. The molecule has 1 fully saturated rings. The van der Waals surface area contributed by atoms with Crippen molar-refractivity contribution in [1.82, 2.24) is 5.32 Å². The van der Waals surface area contributed by atoms with Gasteiger partial charge in [-0.25, -0.2) is 4.39 Å². The predicted molar refractivity (Wildman–Crippen MR) is 78.0 cm³/mol. The van der Waals surface area contributed by atoms with Crippen LogP contribution in [0.25, 0.3) is 0 Å². The second kappa shape index (κ2) is 5.85. The molecule has 1 N–H and O–H groups in total. The highest BCUT2D eigenvalue weighted by atomic mass is 32.2. The SMILES string of the molecule is Fc1cccc2c1SCCC2NCC1CCCS1. The zero-order valence-electron chi connectivity index (χ0n) is 10.3. The molecule has 3 rings (SSSR count). The molecule has 1 saturated heterocycles. The summed E-state index contributed by atoms with van der Waals surface area (Å²) in [7, 11) is 0. The van der Waals surface area contributed by atoms with Crippen LogP contribution in [0.4, 0.5) is 4.39 Å². The fraction of sp³-hybridized carbons (Fsp3) is 0.571. The van der Waals surface area contributed by atoms with E-state index in [4.69, 9.17) is 0 Å². The van der Waals surface area contributed by atoms with Crippen molar-refractivity contribution in [3.63, 3.8) is 0 Å². The number of fused-ring (bicyclic) bond motifs is 1.